The second-order valence-corrected chi connectivity index (χ2v) is 24.7. The van der Waals surface area contributed by atoms with Crippen molar-refractivity contribution in [3.05, 3.63) is 140 Å². The summed E-state index contributed by atoms with van der Waals surface area (Å²) >= 11 is 1.53. The van der Waals surface area contributed by atoms with Gasteiger partial charge in [0.1, 0.15) is 17.7 Å². The summed E-state index contributed by atoms with van der Waals surface area (Å²) in [4.78, 5) is 98.2. The zero-order valence-corrected chi connectivity index (χ0v) is 51.5. The minimum Gasteiger partial charge on any atom is -0.391 e. The smallest absolute Gasteiger partial charge is 0.391 e. The lowest BCUT2D eigenvalue weighted by molar-refractivity contribution is -0.141. The molecule has 0 radical (unpaired) electrons. The number of nitrogens with zero attached hydrogens (tertiary/aromatic N) is 7. The Hall–Kier alpha value is -7.73. The molecule has 3 aliphatic rings. The average molecular weight is 1230 g/mol. The number of anilines is 2. The number of nitrogens with one attached hydrogen (secondary N) is 4. The molecular formula is C65H80F3N11O8S. The summed E-state index contributed by atoms with van der Waals surface area (Å²) in [6.45, 7) is 14.1. The Kier molecular flexibility index (Phi) is 21.7. The van der Waals surface area contributed by atoms with E-state index in [9.17, 15) is 47.0 Å². The molecule has 470 valence electrons. The number of unbranched alkanes of at least 4 members (excludes halogenated alkanes) is 5. The van der Waals surface area contributed by atoms with Crippen molar-refractivity contribution in [2.75, 3.05) is 82.7 Å². The van der Waals surface area contributed by atoms with Crippen LogP contribution in [0.1, 0.15) is 128 Å². The van der Waals surface area contributed by atoms with Gasteiger partial charge in [-0.1, -0.05) is 93.2 Å². The highest BCUT2D eigenvalue weighted by atomic mass is 32.1. The molecule has 6 aromatic rings. The third-order valence-corrected chi connectivity index (χ3v) is 17.8. The molecule has 5 amide bonds. The maximum absolute atomic E-state index is 14.2. The highest BCUT2D eigenvalue weighted by molar-refractivity contribution is 7.13. The fourth-order valence-electron chi connectivity index (χ4n) is 12.0. The maximum atomic E-state index is 14.2. The van der Waals surface area contributed by atoms with Gasteiger partial charge in [0.15, 0.2) is 0 Å². The van der Waals surface area contributed by atoms with Crippen LogP contribution < -0.4 is 26.4 Å². The second kappa shape index (κ2) is 29.5. The largest absolute Gasteiger partial charge is 0.417 e. The molecule has 3 aromatic carbocycles. The number of β-amino-alcohol motifs (C(OH)–C–C–N with tert-alkyl or cyclic N) is 1. The zero-order chi connectivity index (χ0) is 62.6. The van der Waals surface area contributed by atoms with Gasteiger partial charge in [0, 0.05) is 103 Å². The average Bonchev–Trinajstić information content (AvgIpc) is 2.86. The third-order valence-electron chi connectivity index (χ3n) is 16.9. The van der Waals surface area contributed by atoms with Gasteiger partial charge >= 0.3 is 6.18 Å². The summed E-state index contributed by atoms with van der Waals surface area (Å²) in [5, 5.41) is 23.6. The van der Waals surface area contributed by atoms with Crippen LogP contribution in [0.15, 0.2) is 99.9 Å². The molecule has 5 N–H and O–H groups in total. The summed E-state index contributed by atoms with van der Waals surface area (Å²) in [6, 6.07) is 21.7. The van der Waals surface area contributed by atoms with Crippen LogP contribution in [0.5, 0.6) is 0 Å². The fraction of sp³-hybridized carbons (Fsp3) is 0.477. The molecule has 88 heavy (non-hydrogen) atoms. The Balaban J connectivity index is 0.707. The van der Waals surface area contributed by atoms with Crippen LogP contribution in [0.4, 0.5) is 24.5 Å². The number of alkyl halides is 3. The number of likely N-dealkylation sites (tertiary alicyclic amines) is 1. The first-order chi connectivity index (χ1) is 42.2. The first kappa shape index (κ1) is 64.7. The maximum Gasteiger partial charge on any atom is 0.417 e. The van der Waals surface area contributed by atoms with Crippen molar-refractivity contribution in [2.45, 2.75) is 122 Å². The predicted molar refractivity (Wildman–Crippen MR) is 332 cm³/mol. The van der Waals surface area contributed by atoms with E-state index in [-0.39, 0.29) is 43.0 Å². The molecule has 3 fully saturated rings. The molecule has 0 saturated carbocycles. The molecule has 3 aliphatic heterocycles. The van der Waals surface area contributed by atoms with E-state index in [0.29, 0.717) is 87.7 Å². The molecular weight excluding hydrogens is 1150 g/mol. The lowest BCUT2D eigenvalue weighted by Gasteiger charge is -2.35. The number of pyridine rings is 1. The number of thiazole rings is 1. The molecule has 0 bridgehead atoms. The van der Waals surface area contributed by atoms with Crippen LogP contribution in [0.2, 0.25) is 0 Å². The van der Waals surface area contributed by atoms with E-state index in [4.69, 9.17) is 4.52 Å². The molecule has 4 atom stereocenters. The Labute approximate surface area is 515 Å². The van der Waals surface area contributed by atoms with Crippen molar-refractivity contribution in [2.24, 2.45) is 5.92 Å². The monoisotopic (exact) mass is 1230 g/mol. The number of rotatable bonds is 24. The molecule has 23 heteroatoms. The summed E-state index contributed by atoms with van der Waals surface area (Å²) in [6.07, 6.45) is 0.743. The van der Waals surface area contributed by atoms with Crippen molar-refractivity contribution in [1.29, 1.82) is 0 Å². The first-order valence-electron chi connectivity index (χ1n) is 30.5. The highest BCUT2D eigenvalue weighted by Crippen LogP contribution is 2.37. The van der Waals surface area contributed by atoms with E-state index < -0.39 is 58.8 Å². The van der Waals surface area contributed by atoms with Crippen LogP contribution >= 0.6 is 11.3 Å². The van der Waals surface area contributed by atoms with E-state index >= 15 is 0 Å². The van der Waals surface area contributed by atoms with Crippen LogP contribution in [-0.4, -0.2) is 154 Å². The molecule has 3 saturated heterocycles. The normalized spacial score (nSPS) is 17.5. The SMILES string of the molecule is Cc1cc([C@H](C(=O)N2C[C@H](O)C[C@H]2C(=O)NC(CC(=O)NCCCCCCCCC(=O)N2CCN(Cc3cccc(-c4ccc(N5CCN(C)CC5)c(NC(=O)c5c[nH]c(=O)cc5C(F)(F)F)c4)c3)CC2)c2ccc(-c3scnc3C)cc2)C(C)C)on1. The van der Waals surface area contributed by atoms with Crippen LogP contribution in [0, 0.1) is 19.8 Å². The number of hydrogen-bond acceptors (Lipinski definition) is 14. The highest BCUT2D eigenvalue weighted by Gasteiger charge is 2.44. The summed E-state index contributed by atoms with van der Waals surface area (Å²) in [5.74, 6) is -2.35. The van der Waals surface area contributed by atoms with Gasteiger partial charge in [-0.25, -0.2) is 4.98 Å². The van der Waals surface area contributed by atoms with E-state index in [1.54, 1.807) is 24.6 Å². The predicted octanol–water partition coefficient (Wildman–Crippen LogP) is 8.93. The quantitative estimate of drug-likeness (QED) is 0.0357. The van der Waals surface area contributed by atoms with Gasteiger partial charge in [0.05, 0.1) is 62.8 Å². The van der Waals surface area contributed by atoms with Gasteiger partial charge in [-0.2, -0.15) is 13.2 Å². The number of likely N-dealkylation sites (N-methyl/N-ethyl adjacent to an activating group) is 1. The van der Waals surface area contributed by atoms with Gasteiger partial charge < -0.3 is 50.2 Å². The van der Waals surface area contributed by atoms with Crippen molar-refractivity contribution >= 4 is 52.2 Å². The summed E-state index contributed by atoms with van der Waals surface area (Å²) in [5.41, 5.74) is 5.78. The third kappa shape index (κ3) is 16.7. The van der Waals surface area contributed by atoms with Gasteiger partial charge in [-0.05, 0) is 85.7 Å². The lowest BCUT2D eigenvalue weighted by Crippen LogP contribution is -2.49. The van der Waals surface area contributed by atoms with Crippen molar-refractivity contribution < 1.29 is 46.8 Å². The molecule has 19 nitrogen and oxygen atoms in total. The Morgan fingerprint density at radius 1 is 0.841 bits per heavy atom. The number of piperazine rings is 2. The van der Waals surface area contributed by atoms with E-state index in [1.807, 2.05) is 87.3 Å². The van der Waals surface area contributed by atoms with Crippen molar-refractivity contribution in [3.63, 3.8) is 0 Å². The van der Waals surface area contributed by atoms with Gasteiger partial charge in [-0.3, -0.25) is 33.7 Å². The number of hydrogen-bond donors (Lipinski definition) is 5. The van der Waals surface area contributed by atoms with Crippen LogP contribution in [0.3, 0.4) is 0 Å². The number of aryl methyl sites for hydroxylation is 2. The number of benzene rings is 3. The molecule has 3 aromatic heterocycles. The van der Waals surface area contributed by atoms with Gasteiger partial charge in [0.2, 0.25) is 29.2 Å². The van der Waals surface area contributed by atoms with Gasteiger partial charge in [0.25, 0.3) is 5.91 Å². The molecule has 6 heterocycles. The first-order valence-corrected chi connectivity index (χ1v) is 31.3. The van der Waals surface area contributed by atoms with Crippen molar-refractivity contribution in [1.82, 2.24) is 45.4 Å². The number of amides is 5. The lowest BCUT2D eigenvalue weighted by atomic mass is 9.91. The van der Waals surface area contributed by atoms with Crippen LogP contribution in [0.25, 0.3) is 21.6 Å². The number of aromatic amines is 1. The minimum absolute atomic E-state index is 0.0114. The zero-order valence-electron chi connectivity index (χ0n) is 50.7. The Morgan fingerprint density at radius 3 is 2.23 bits per heavy atom. The Morgan fingerprint density at radius 2 is 1.55 bits per heavy atom. The van der Waals surface area contributed by atoms with Gasteiger partial charge in [-0.15, -0.1) is 11.3 Å². The van der Waals surface area contributed by atoms with E-state index in [0.717, 1.165) is 96.2 Å². The number of carbonyl (C=O) groups excluding carboxylic acids is 5. The molecule has 0 spiro atoms. The fourth-order valence-corrected chi connectivity index (χ4v) is 12.8. The number of H-pyrrole nitrogens is 1. The molecule has 9 rings (SSSR count). The number of carbonyl (C=O) groups is 5. The second-order valence-electron chi connectivity index (χ2n) is 23.8. The summed E-state index contributed by atoms with van der Waals surface area (Å²) < 4.78 is 47.5. The molecule has 1 unspecified atom stereocenters. The Bertz CT molecular complexity index is 3440. The number of halogens is 3. The summed E-state index contributed by atoms with van der Waals surface area (Å²) in [7, 11) is 2.02. The van der Waals surface area contributed by atoms with Crippen molar-refractivity contribution in [3.8, 4) is 21.6 Å². The standard InChI is InChI=1S/C65H80F3N11O8S/c1-41(2)60(56-31-42(3)74-87-56)64(86)79-39-49(80)34-55(79)63(85)72-52(45-16-18-46(19-17-45)61-43(4)71-40-88-61)36-58(82)69-22-11-9-7-6-8-10-15-59(83)78-29-25-76(26-30-78)38-44-13-12-14-47(32-44)48-20-21-54(77-27-23-75(5)24-28-77)53(33-48)73-62(84)50-37-70-57(81)35-51(50)65(66,67)68/h12-14,16-21,31-33,35,37,40-41,49,52,55,60,80H,6-11,15,22-30,34,36,38-39H2,1-5H3,(H,69,82)(H,70,81)(H,72,85)(H,73,84)/t49-,52?,55+,60-/m1/s1. The number of aromatic nitrogens is 3. The van der Waals surface area contributed by atoms with E-state index in [1.165, 1.54) is 16.2 Å². The van der Waals surface area contributed by atoms with E-state index in [2.05, 4.69) is 51.8 Å². The molecule has 0 aliphatic carbocycles. The number of aliphatic hydroxyl groups is 1. The topological polar surface area (TPSA) is 230 Å². The minimum atomic E-state index is -4.92. The number of aliphatic hydroxyl groups excluding tert-OH is 1. The van der Waals surface area contributed by atoms with Crippen LogP contribution in [-0.2, 0) is 31.9 Å².